The maximum atomic E-state index is 9.29. The van der Waals surface area contributed by atoms with Gasteiger partial charge in [0.25, 0.3) is 0 Å². The largest absolute Gasteiger partial charge is 0.508 e. The fourth-order valence-corrected chi connectivity index (χ4v) is 1.54. The minimum absolute atomic E-state index is 0.233. The predicted octanol–water partition coefficient (Wildman–Crippen LogP) is 4.46. The average molecular weight is 246 g/mol. The summed E-state index contributed by atoms with van der Waals surface area (Å²) in [4.78, 5) is 0. The molecular weight excluding hydrogens is 224 g/mol. The van der Waals surface area contributed by atoms with Crippen LogP contribution in [-0.4, -0.2) is 11.7 Å². The van der Waals surface area contributed by atoms with Crippen LogP contribution in [-0.2, 0) is 0 Å². The molecule has 1 rings (SSSR count). The Kier molecular flexibility index (Phi) is 6.06. The first-order valence-corrected chi connectivity index (χ1v) is 6.29. The zero-order valence-electron chi connectivity index (χ0n) is 11.4. The summed E-state index contributed by atoms with van der Waals surface area (Å²) in [5.41, 5.74) is 2.69. The number of phenols is 1. The number of hydrogen-bond donors (Lipinski definition) is 1. The van der Waals surface area contributed by atoms with Gasteiger partial charge < -0.3 is 9.84 Å². The molecule has 18 heavy (non-hydrogen) atoms. The van der Waals surface area contributed by atoms with Crippen LogP contribution in [0, 0.1) is 0 Å². The molecule has 0 heterocycles. The second-order valence-electron chi connectivity index (χ2n) is 4.68. The number of rotatable bonds is 6. The molecule has 0 fully saturated rings. The van der Waals surface area contributed by atoms with Crippen LogP contribution in [0.5, 0.6) is 11.5 Å². The van der Waals surface area contributed by atoms with Gasteiger partial charge in [-0.1, -0.05) is 23.3 Å². The molecule has 0 aliphatic rings. The van der Waals surface area contributed by atoms with Crippen LogP contribution in [0.3, 0.4) is 0 Å². The molecule has 0 spiro atoms. The van der Waals surface area contributed by atoms with Crippen molar-refractivity contribution in [2.24, 2.45) is 0 Å². The van der Waals surface area contributed by atoms with Crippen LogP contribution in [0.1, 0.15) is 33.6 Å². The maximum Gasteiger partial charge on any atom is 0.123 e. The number of aromatic hydroxyl groups is 1. The molecule has 0 saturated heterocycles. The second-order valence-corrected chi connectivity index (χ2v) is 4.68. The Balaban J connectivity index is 2.33. The van der Waals surface area contributed by atoms with E-state index in [4.69, 9.17) is 4.74 Å². The molecule has 1 aromatic rings. The molecule has 0 atom stereocenters. The van der Waals surface area contributed by atoms with Crippen molar-refractivity contribution < 1.29 is 9.84 Å². The molecule has 0 aliphatic heterocycles. The molecule has 1 N–H and O–H groups in total. The van der Waals surface area contributed by atoms with Gasteiger partial charge in [0.1, 0.15) is 18.1 Å². The minimum Gasteiger partial charge on any atom is -0.508 e. The van der Waals surface area contributed by atoms with Crippen molar-refractivity contribution in [1.82, 2.24) is 0 Å². The molecular formula is C16H22O2. The monoisotopic (exact) mass is 246 g/mol. The highest BCUT2D eigenvalue weighted by molar-refractivity contribution is 5.31. The van der Waals surface area contributed by atoms with Gasteiger partial charge in [0.05, 0.1) is 0 Å². The summed E-state index contributed by atoms with van der Waals surface area (Å²) >= 11 is 0. The molecule has 2 heteroatoms. The van der Waals surface area contributed by atoms with Crippen molar-refractivity contribution in [3.05, 3.63) is 47.6 Å². The summed E-state index contributed by atoms with van der Waals surface area (Å²) in [5, 5.41) is 9.29. The van der Waals surface area contributed by atoms with Crippen LogP contribution in [0.4, 0.5) is 0 Å². The molecule has 98 valence electrons. The Labute approximate surface area is 110 Å². The highest BCUT2D eigenvalue weighted by Crippen LogP contribution is 2.17. The van der Waals surface area contributed by atoms with Gasteiger partial charge in [0, 0.05) is 6.07 Å². The highest BCUT2D eigenvalue weighted by atomic mass is 16.5. The van der Waals surface area contributed by atoms with Crippen LogP contribution in [0.25, 0.3) is 0 Å². The predicted molar refractivity (Wildman–Crippen MR) is 76.0 cm³/mol. The first-order valence-electron chi connectivity index (χ1n) is 6.29. The molecule has 0 unspecified atom stereocenters. The summed E-state index contributed by atoms with van der Waals surface area (Å²) in [7, 11) is 0. The quantitative estimate of drug-likeness (QED) is 0.751. The van der Waals surface area contributed by atoms with Gasteiger partial charge in [-0.25, -0.2) is 0 Å². The van der Waals surface area contributed by atoms with Gasteiger partial charge >= 0.3 is 0 Å². The van der Waals surface area contributed by atoms with E-state index in [9.17, 15) is 5.11 Å². The summed E-state index contributed by atoms with van der Waals surface area (Å²) in [6.45, 7) is 6.89. The minimum atomic E-state index is 0.233. The van der Waals surface area contributed by atoms with E-state index in [1.54, 1.807) is 18.2 Å². The lowest BCUT2D eigenvalue weighted by molar-refractivity contribution is 0.358. The van der Waals surface area contributed by atoms with Crippen molar-refractivity contribution >= 4 is 0 Å². The standard InChI is InChI=1S/C16H22O2/c1-13(2)6-4-7-14(3)10-11-18-16-9-5-8-15(17)12-16/h5-6,8-10,12,17H,4,7,11H2,1-3H3. The topological polar surface area (TPSA) is 29.5 Å². The average Bonchev–Trinajstić information content (AvgIpc) is 2.28. The maximum absolute atomic E-state index is 9.29. The third kappa shape index (κ3) is 6.14. The van der Waals surface area contributed by atoms with Gasteiger partial charge in [-0.2, -0.15) is 0 Å². The van der Waals surface area contributed by atoms with Crippen molar-refractivity contribution in [3.63, 3.8) is 0 Å². The molecule has 0 saturated carbocycles. The SMILES string of the molecule is CC(C)=CCCC(C)=CCOc1cccc(O)c1. The summed E-state index contributed by atoms with van der Waals surface area (Å²) in [6.07, 6.45) is 6.47. The fourth-order valence-electron chi connectivity index (χ4n) is 1.54. The van der Waals surface area contributed by atoms with E-state index < -0.39 is 0 Å². The number of phenolic OH excluding ortho intramolecular Hbond substituents is 1. The lowest BCUT2D eigenvalue weighted by atomic mass is 10.1. The number of ether oxygens (including phenoxy) is 1. The third-order valence-electron chi connectivity index (χ3n) is 2.59. The third-order valence-corrected chi connectivity index (χ3v) is 2.59. The molecule has 0 aromatic heterocycles. The first-order chi connectivity index (χ1) is 8.58. The van der Waals surface area contributed by atoms with E-state index in [2.05, 4.69) is 32.9 Å². The van der Waals surface area contributed by atoms with Crippen LogP contribution in [0.2, 0.25) is 0 Å². The Morgan fingerprint density at radius 2 is 2.00 bits per heavy atom. The van der Waals surface area contributed by atoms with Gasteiger partial charge in [-0.3, -0.25) is 0 Å². The van der Waals surface area contributed by atoms with E-state index in [0.29, 0.717) is 12.4 Å². The zero-order chi connectivity index (χ0) is 13.4. The number of allylic oxidation sites excluding steroid dienone is 3. The van der Waals surface area contributed by atoms with Gasteiger partial charge in [0.15, 0.2) is 0 Å². The van der Waals surface area contributed by atoms with Crippen LogP contribution in [0.15, 0.2) is 47.6 Å². The van der Waals surface area contributed by atoms with Crippen molar-refractivity contribution in [3.8, 4) is 11.5 Å². The van der Waals surface area contributed by atoms with Gasteiger partial charge in [-0.05, 0) is 51.8 Å². The van der Waals surface area contributed by atoms with E-state index in [0.717, 1.165) is 12.8 Å². The highest BCUT2D eigenvalue weighted by Gasteiger charge is 1.94. The van der Waals surface area contributed by atoms with E-state index >= 15 is 0 Å². The van der Waals surface area contributed by atoms with Gasteiger partial charge in [-0.15, -0.1) is 0 Å². The summed E-state index contributed by atoms with van der Waals surface area (Å²) in [6, 6.07) is 6.86. The lowest BCUT2D eigenvalue weighted by Gasteiger charge is -2.04. The van der Waals surface area contributed by atoms with E-state index in [1.807, 2.05) is 6.07 Å². The Hall–Kier alpha value is -1.70. The van der Waals surface area contributed by atoms with E-state index in [-0.39, 0.29) is 5.75 Å². The molecule has 0 amide bonds. The Bertz CT molecular complexity index is 426. The van der Waals surface area contributed by atoms with Crippen molar-refractivity contribution in [2.45, 2.75) is 33.6 Å². The molecule has 0 bridgehead atoms. The zero-order valence-corrected chi connectivity index (χ0v) is 11.4. The van der Waals surface area contributed by atoms with Crippen LogP contribution >= 0.6 is 0 Å². The smallest absolute Gasteiger partial charge is 0.123 e. The Morgan fingerprint density at radius 3 is 2.67 bits per heavy atom. The molecule has 0 radical (unpaired) electrons. The number of benzene rings is 1. The molecule has 1 aromatic carbocycles. The summed E-state index contributed by atoms with van der Waals surface area (Å²) < 4.78 is 5.53. The molecule has 2 nitrogen and oxygen atoms in total. The van der Waals surface area contributed by atoms with Crippen LogP contribution < -0.4 is 4.74 Å². The van der Waals surface area contributed by atoms with Crippen molar-refractivity contribution in [1.29, 1.82) is 0 Å². The van der Waals surface area contributed by atoms with E-state index in [1.165, 1.54) is 11.1 Å². The van der Waals surface area contributed by atoms with Crippen molar-refractivity contribution in [2.75, 3.05) is 6.61 Å². The lowest BCUT2D eigenvalue weighted by Crippen LogP contribution is -1.94. The first kappa shape index (κ1) is 14.4. The normalized spacial score (nSPS) is 11.2. The van der Waals surface area contributed by atoms with Gasteiger partial charge in [0.2, 0.25) is 0 Å². The fraction of sp³-hybridized carbons (Fsp3) is 0.375. The second kappa shape index (κ2) is 7.59. The number of hydrogen-bond acceptors (Lipinski definition) is 2. The Morgan fingerprint density at radius 1 is 1.22 bits per heavy atom. The molecule has 0 aliphatic carbocycles. The summed E-state index contributed by atoms with van der Waals surface area (Å²) in [5.74, 6) is 0.931.